The topological polar surface area (TPSA) is 134 Å². The van der Waals surface area contributed by atoms with Crippen LogP contribution in [0.3, 0.4) is 0 Å². The van der Waals surface area contributed by atoms with Crippen molar-refractivity contribution in [2.45, 2.75) is 94.4 Å². The quantitative estimate of drug-likeness (QED) is 0.177. The zero-order chi connectivity index (χ0) is 41.6. The second kappa shape index (κ2) is 14.2. The lowest BCUT2D eigenvalue weighted by Crippen LogP contribution is -2.80. The number of nitrogens with one attached hydrogen (secondary N) is 1. The minimum absolute atomic E-state index is 0.0351. The van der Waals surface area contributed by atoms with E-state index in [2.05, 4.69) is 76.0 Å². The Morgan fingerprint density at radius 3 is 2.53 bits per heavy atom. The third kappa shape index (κ3) is 5.47. The van der Waals surface area contributed by atoms with Gasteiger partial charge in [-0.3, -0.25) is 24.2 Å². The van der Waals surface area contributed by atoms with Crippen molar-refractivity contribution in [1.82, 2.24) is 14.8 Å². The smallest absolute Gasteiger partial charge is 0.322 e. The van der Waals surface area contributed by atoms with Crippen LogP contribution in [-0.4, -0.2) is 122 Å². The summed E-state index contributed by atoms with van der Waals surface area (Å²) >= 11 is 0. The van der Waals surface area contributed by atoms with Gasteiger partial charge in [0.05, 0.1) is 20.3 Å². The Morgan fingerprint density at radius 1 is 1.02 bits per heavy atom. The van der Waals surface area contributed by atoms with Crippen LogP contribution in [0.1, 0.15) is 75.8 Å². The number of nitrogens with zero attached hydrogens (tertiary/aromatic N) is 3. The Hall–Kier alpha value is -4.65. The largest absolute Gasteiger partial charge is 0.496 e. The molecule has 1 aliphatic carbocycles. The summed E-state index contributed by atoms with van der Waals surface area (Å²) in [6.07, 6.45) is 8.96. The fraction of sp³-hybridized carbons (Fsp3) is 0.553. The van der Waals surface area contributed by atoms with Crippen LogP contribution in [0.5, 0.6) is 5.75 Å². The number of methoxy groups -OCH3 is 2. The molecule has 2 fully saturated rings. The monoisotopic (exact) mass is 806 g/mol. The average Bonchev–Trinajstić information content (AvgIpc) is 3.89. The van der Waals surface area contributed by atoms with Gasteiger partial charge in [0, 0.05) is 97.9 Å². The van der Waals surface area contributed by atoms with Crippen LogP contribution in [0.2, 0.25) is 0 Å². The van der Waals surface area contributed by atoms with Crippen LogP contribution >= 0.6 is 0 Å². The van der Waals surface area contributed by atoms with E-state index in [1.807, 2.05) is 19.2 Å². The molecule has 2 bridgehead atoms. The molecule has 1 spiro atoms. The van der Waals surface area contributed by atoms with Gasteiger partial charge in [-0.05, 0) is 67.8 Å². The number of anilines is 1. The Morgan fingerprint density at radius 2 is 1.81 bits per heavy atom. The molecule has 2 aromatic carbocycles. The van der Waals surface area contributed by atoms with Crippen LogP contribution in [-0.2, 0) is 45.8 Å². The summed E-state index contributed by atoms with van der Waals surface area (Å²) in [5.74, 6) is -0.846. The van der Waals surface area contributed by atoms with Gasteiger partial charge in [0.15, 0.2) is 5.60 Å². The van der Waals surface area contributed by atoms with Crippen LogP contribution in [0.15, 0.2) is 60.2 Å². The lowest BCUT2D eigenvalue weighted by molar-refractivity contribution is -0.232. The Bertz CT molecular complexity index is 2280. The number of benzene rings is 2. The van der Waals surface area contributed by atoms with Crippen LogP contribution in [0.25, 0.3) is 10.9 Å². The van der Waals surface area contributed by atoms with Crippen molar-refractivity contribution in [1.29, 1.82) is 0 Å². The number of aromatic amines is 1. The molecule has 1 aromatic heterocycles. The van der Waals surface area contributed by atoms with Gasteiger partial charge in [-0.25, -0.2) is 0 Å². The third-order valence-corrected chi connectivity index (χ3v) is 15.2. The van der Waals surface area contributed by atoms with Crippen molar-refractivity contribution in [2.75, 3.05) is 65.5 Å². The molecule has 2 N–H and O–H groups in total. The summed E-state index contributed by atoms with van der Waals surface area (Å²) in [5.41, 5.74) is 2.04. The lowest BCUT2D eigenvalue weighted by Gasteiger charge is -2.64. The van der Waals surface area contributed by atoms with E-state index in [1.54, 1.807) is 7.11 Å². The number of hydrogen-bond donors (Lipinski definition) is 2. The van der Waals surface area contributed by atoms with E-state index >= 15 is 4.79 Å². The number of rotatable bonds is 8. The predicted octanol–water partition coefficient (Wildman–Crippen LogP) is 5.19. The van der Waals surface area contributed by atoms with Gasteiger partial charge in [0.1, 0.15) is 23.9 Å². The van der Waals surface area contributed by atoms with E-state index in [9.17, 15) is 14.7 Å². The fourth-order valence-electron chi connectivity index (χ4n) is 13.2. The van der Waals surface area contributed by atoms with Crippen LogP contribution < -0.4 is 9.64 Å². The number of fused-ring (bicyclic) bond motifs is 6. The number of carbonyl (C=O) groups excluding carboxylic acids is 3. The molecule has 1 saturated carbocycles. The lowest BCUT2D eigenvalue weighted by atomic mass is 9.47. The molecule has 59 heavy (non-hydrogen) atoms. The van der Waals surface area contributed by atoms with Gasteiger partial charge in [0.2, 0.25) is 0 Å². The van der Waals surface area contributed by atoms with Gasteiger partial charge in [0.25, 0.3) is 0 Å². The number of aromatic nitrogens is 1. The van der Waals surface area contributed by atoms with Crippen molar-refractivity contribution in [3.05, 3.63) is 82.6 Å². The van der Waals surface area contributed by atoms with Crippen molar-refractivity contribution in [3.8, 4) is 5.75 Å². The summed E-state index contributed by atoms with van der Waals surface area (Å²) in [4.78, 5) is 51.8. The first-order chi connectivity index (χ1) is 28.3. The number of carbonyl (C=O) groups is 3. The van der Waals surface area contributed by atoms with E-state index in [0.29, 0.717) is 37.1 Å². The molecule has 5 aliphatic heterocycles. The summed E-state index contributed by atoms with van der Waals surface area (Å²) < 4.78 is 24.4. The van der Waals surface area contributed by atoms with E-state index < -0.39 is 45.9 Å². The highest BCUT2D eigenvalue weighted by atomic mass is 16.6. The van der Waals surface area contributed by atoms with E-state index in [4.69, 9.17) is 18.9 Å². The van der Waals surface area contributed by atoms with E-state index in [0.717, 1.165) is 72.4 Å². The summed E-state index contributed by atoms with van der Waals surface area (Å²) in [5, 5.41) is 14.6. The van der Waals surface area contributed by atoms with E-state index in [-0.39, 0.29) is 24.5 Å². The average molecular weight is 807 g/mol. The van der Waals surface area contributed by atoms with Gasteiger partial charge in [-0.2, -0.15) is 0 Å². The number of para-hydroxylation sites is 1. The highest BCUT2D eigenvalue weighted by molar-refractivity contribution is 5.94. The molecule has 12 nitrogen and oxygen atoms in total. The highest BCUT2D eigenvalue weighted by Gasteiger charge is 2.78. The van der Waals surface area contributed by atoms with Crippen molar-refractivity contribution < 1.29 is 38.4 Å². The number of hydrogen-bond acceptors (Lipinski definition) is 11. The molecule has 1 unspecified atom stereocenters. The number of likely N-dealkylation sites (N-methyl/N-ethyl adjacent to an activating group) is 1. The highest BCUT2D eigenvalue weighted by Crippen LogP contribution is 2.68. The molecular weight excluding hydrogens is 749 g/mol. The van der Waals surface area contributed by atoms with Crippen LogP contribution in [0.4, 0.5) is 5.69 Å². The fourth-order valence-corrected chi connectivity index (χ4v) is 13.2. The van der Waals surface area contributed by atoms with Gasteiger partial charge >= 0.3 is 17.9 Å². The maximum Gasteiger partial charge on any atom is 0.322 e. The predicted molar refractivity (Wildman–Crippen MR) is 224 cm³/mol. The third-order valence-electron chi connectivity index (χ3n) is 15.2. The minimum Gasteiger partial charge on any atom is -0.496 e. The first-order valence-electron chi connectivity index (χ1n) is 21.3. The maximum atomic E-state index is 15.3. The summed E-state index contributed by atoms with van der Waals surface area (Å²) in [6.45, 7) is 10.6. The zero-order valence-electron chi connectivity index (χ0n) is 35.4. The van der Waals surface area contributed by atoms with Gasteiger partial charge in [-0.15, -0.1) is 0 Å². The normalized spacial score (nSPS) is 34.3. The molecule has 3 aromatic rings. The van der Waals surface area contributed by atoms with Crippen molar-refractivity contribution in [3.63, 3.8) is 0 Å². The molecule has 9 rings (SSSR count). The number of ether oxygens (including phenoxy) is 4. The molecule has 1 saturated heterocycles. The van der Waals surface area contributed by atoms with Crippen molar-refractivity contribution in [2.24, 2.45) is 11.3 Å². The standard InChI is InChI=1S/C47H58N4O8/c1-8-30-21-31-24-46(43(54)57-7,39-33(15-19-50(25-30)26-31)32-13-10-11-14-36(32)48-39)35-22-34-37(23-38(35)56-6)49(5)41-45(34)17-20-51-18-12-16-44(9-2,40(45)51)42(59-29(4)53)47(41,55)27-58-28(3)52/h10-14,16,21-23,31,40-42,48,55H,8-9,15,17-20,24-27H2,1-7H3/t31-,40-,41+,42+,44+,45+,46-,47-/m0/s1. The van der Waals surface area contributed by atoms with Crippen LogP contribution in [0, 0.1) is 11.3 Å². The molecule has 6 aliphatic rings. The Balaban J connectivity index is 1.36. The second-order valence-electron chi connectivity index (χ2n) is 17.9. The molecular formula is C47H58N4O8. The first kappa shape index (κ1) is 39.8. The number of aliphatic hydroxyl groups is 1. The SMILES string of the molecule is CCC1=C[C@@H]2CN(CCc3c([nH]c4ccccc34)[C@@](C(=O)OC)(c3cc4c(cc3OC)N(C)[C@H]3[C@@](O)(COC(C)=O)[C@H](OC(C)=O)[C@]5(CC)C=CCN6CC[C@]43[C@@H]65)C2)C1. The van der Waals surface area contributed by atoms with Gasteiger partial charge < -0.3 is 33.9 Å². The van der Waals surface area contributed by atoms with Crippen molar-refractivity contribution >= 4 is 34.5 Å². The number of H-pyrrole nitrogens is 1. The molecule has 9 atom stereocenters. The van der Waals surface area contributed by atoms with E-state index in [1.165, 1.54) is 26.5 Å². The summed E-state index contributed by atoms with van der Waals surface area (Å²) in [7, 11) is 5.08. The minimum atomic E-state index is -1.84. The molecule has 0 amide bonds. The van der Waals surface area contributed by atoms with Gasteiger partial charge in [-0.1, -0.05) is 55.8 Å². The molecule has 6 heterocycles. The maximum absolute atomic E-state index is 15.3. The second-order valence-corrected chi connectivity index (χ2v) is 17.9. The summed E-state index contributed by atoms with van der Waals surface area (Å²) in [6, 6.07) is 11.6. The molecule has 314 valence electrons. The Kier molecular flexibility index (Phi) is 9.60. The number of esters is 3. The molecule has 0 radical (unpaired) electrons. The zero-order valence-corrected chi connectivity index (χ0v) is 35.4. The molecule has 12 heteroatoms. The first-order valence-corrected chi connectivity index (χ1v) is 21.3. The Labute approximate surface area is 346 Å².